The number of ether oxygens (including phenoxy) is 1. The summed E-state index contributed by atoms with van der Waals surface area (Å²) in [4.78, 5) is 25.0. The zero-order chi connectivity index (χ0) is 14.0. The van der Waals surface area contributed by atoms with Crippen molar-refractivity contribution in [1.82, 2.24) is 10.2 Å². The zero-order valence-corrected chi connectivity index (χ0v) is 12.0. The molecule has 0 aromatic carbocycles. The van der Waals surface area contributed by atoms with Crippen molar-refractivity contribution in [3.8, 4) is 0 Å². The lowest BCUT2D eigenvalue weighted by molar-refractivity contribution is -0.141. The molecule has 2 aliphatic rings. The molecule has 6 nitrogen and oxygen atoms in total. The standard InChI is InChI=1S/C12H20N2O4S/c1-8-14(9(7-19-8)10(15)16)11(17)13-12(2)3-5-18-6-4-12/h8-9H,3-7H2,1-2H3,(H,13,17)(H,15,16). The van der Waals surface area contributed by atoms with E-state index in [2.05, 4.69) is 5.32 Å². The molecule has 2 heterocycles. The Hall–Kier alpha value is -0.950. The molecular formula is C12H20N2O4S. The molecule has 108 valence electrons. The molecule has 0 radical (unpaired) electrons. The van der Waals surface area contributed by atoms with Crippen molar-refractivity contribution in [3.05, 3.63) is 0 Å². The SMILES string of the molecule is CC1SCC(C(=O)O)N1C(=O)NC1(C)CCOCC1. The molecular weight excluding hydrogens is 268 g/mol. The van der Waals surface area contributed by atoms with Crippen LogP contribution in [-0.4, -0.2) is 57.9 Å². The minimum absolute atomic E-state index is 0.107. The summed E-state index contributed by atoms with van der Waals surface area (Å²) >= 11 is 1.49. The molecule has 0 aromatic heterocycles. The maximum atomic E-state index is 12.3. The van der Waals surface area contributed by atoms with Crippen molar-refractivity contribution in [1.29, 1.82) is 0 Å². The summed E-state index contributed by atoms with van der Waals surface area (Å²) in [6.07, 6.45) is 1.51. The summed E-state index contributed by atoms with van der Waals surface area (Å²) in [5.74, 6) is -0.492. The summed E-state index contributed by atoms with van der Waals surface area (Å²) in [6, 6.07) is -1.02. The van der Waals surface area contributed by atoms with Crippen LogP contribution in [0, 0.1) is 0 Å². The normalized spacial score (nSPS) is 30.1. The monoisotopic (exact) mass is 288 g/mol. The van der Waals surface area contributed by atoms with E-state index in [1.54, 1.807) is 0 Å². The molecule has 0 saturated carbocycles. The Labute approximate surface area is 116 Å². The van der Waals surface area contributed by atoms with Gasteiger partial charge in [0.2, 0.25) is 0 Å². The van der Waals surface area contributed by atoms with Crippen LogP contribution in [0.25, 0.3) is 0 Å². The van der Waals surface area contributed by atoms with Crippen LogP contribution in [0.3, 0.4) is 0 Å². The second-order valence-corrected chi connectivity index (χ2v) is 6.65. The number of carboxylic acid groups (broad SMARTS) is 1. The molecule has 2 fully saturated rings. The van der Waals surface area contributed by atoms with Crippen LogP contribution in [0.15, 0.2) is 0 Å². The van der Waals surface area contributed by atoms with Gasteiger partial charge in [-0.2, -0.15) is 0 Å². The number of urea groups is 1. The van der Waals surface area contributed by atoms with Gasteiger partial charge in [-0.25, -0.2) is 9.59 Å². The van der Waals surface area contributed by atoms with E-state index in [1.807, 2.05) is 13.8 Å². The largest absolute Gasteiger partial charge is 0.480 e. The Balaban J connectivity index is 2.03. The summed E-state index contributed by atoms with van der Waals surface area (Å²) in [6.45, 7) is 5.10. The average Bonchev–Trinajstić information content (AvgIpc) is 2.71. The van der Waals surface area contributed by atoms with E-state index >= 15 is 0 Å². The molecule has 2 atom stereocenters. The molecule has 2 N–H and O–H groups in total. The Kier molecular flexibility index (Phi) is 4.25. The summed E-state index contributed by atoms with van der Waals surface area (Å²) < 4.78 is 5.29. The molecule has 0 bridgehead atoms. The lowest BCUT2D eigenvalue weighted by Gasteiger charge is -2.37. The van der Waals surface area contributed by atoms with Gasteiger partial charge in [-0.05, 0) is 26.7 Å². The molecule has 0 aliphatic carbocycles. The lowest BCUT2D eigenvalue weighted by atomic mass is 9.93. The molecule has 2 saturated heterocycles. The van der Waals surface area contributed by atoms with E-state index in [-0.39, 0.29) is 16.9 Å². The van der Waals surface area contributed by atoms with Gasteiger partial charge in [0, 0.05) is 24.5 Å². The Morgan fingerprint density at radius 2 is 2.05 bits per heavy atom. The zero-order valence-electron chi connectivity index (χ0n) is 11.2. The van der Waals surface area contributed by atoms with E-state index < -0.39 is 12.0 Å². The fraction of sp³-hybridized carbons (Fsp3) is 0.833. The summed E-state index contributed by atoms with van der Waals surface area (Å²) in [5, 5.41) is 12.0. The third-order valence-corrected chi connectivity index (χ3v) is 4.97. The van der Waals surface area contributed by atoms with Gasteiger partial charge in [-0.3, -0.25) is 4.90 Å². The highest BCUT2D eigenvalue weighted by atomic mass is 32.2. The average molecular weight is 288 g/mol. The van der Waals surface area contributed by atoms with E-state index in [0.29, 0.717) is 19.0 Å². The van der Waals surface area contributed by atoms with Gasteiger partial charge < -0.3 is 15.2 Å². The van der Waals surface area contributed by atoms with Gasteiger partial charge in [0.25, 0.3) is 0 Å². The van der Waals surface area contributed by atoms with Crippen LogP contribution in [-0.2, 0) is 9.53 Å². The minimum atomic E-state index is -0.941. The highest BCUT2D eigenvalue weighted by Gasteiger charge is 2.41. The molecule has 7 heteroatoms. The Bertz CT molecular complexity index is 371. The number of thioether (sulfide) groups is 1. The first-order valence-electron chi connectivity index (χ1n) is 6.45. The Morgan fingerprint density at radius 1 is 1.42 bits per heavy atom. The number of nitrogens with one attached hydrogen (secondary N) is 1. The highest BCUT2D eigenvalue weighted by Crippen LogP contribution is 2.30. The lowest BCUT2D eigenvalue weighted by Crippen LogP contribution is -2.57. The van der Waals surface area contributed by atoms with E-state index in [0.717, 1.165) is 12.8 Å². The molecule has 2 aliphatic heterocycles. The van der Waals surface area contributed by atoms with Crippen molar-refractivity contribution in [2.45, 2.75) is 43.6 Å². The van der Waals surface area contributed by atoms with Crippen molar-refractivity contribution in [2.75, 3.05) is 19.0 Å². The molecule has 2 amide bonds. The topological polar surface area (TPSA) is 78.9 Å². The summed E-state index contributed by atoms with van der Waals surface area (Å²) in [7, 11) is 0. The van der Waals surface area contributed by atoms with Crippen LogP contribution < -0.4 is 5.32 Å². The van der Waals surface area contributed by atoms with Crippen LogP contribution >= 0.6 is 11.8 Å². The quantitative estimate of drug-likeness (QED) is 0.796. The van der Waals surface area contributed by atoms with Crippen molar-refractivity contribution in [2.24, 2.45) is 0 Å². The van der Waals surface area contributed by atoms with Crippen molar-refractivity contribution >= 4 is 23.8 Å². The first kappa shape index (κ1) is 14.5. The summed E-state index contributed by atoms with van der Waals surface area (Å²) in [5.41, 5.74) is -0.300. The van der Waals surface area contributed by atoms with E-state index in [4.69, 9.17) is 9.84 Å². The third-order valence-electron chi connectivity index (χ3n) is 3.75. The third kappa shape index (κ3) is 3.14. The molecule has 2 unspecified atom stereocenters. The van der Waals surface area contributed by atoms with Gasteiger partial charge in [0.15, 0.2) is 0 Å². The number of carboxylic acids is 1. The van der Waals surface area contributed by atoms with Gasteiger partial charge in [0.05, 0.1) is 5.37 Å². The number of hydrogen-bond donors (Lipinski definition) is 2. The maximum Gasteiger partial charge on any atom is 0.327 e. The van der Waals surface area contributed by atoms with Crippen molar-refractivity contribution < 1.29 is 19.4 Å². The molecule has 2 rings (SSSR count). The Morgan fingerprint density at radius 3 is 2.63 bits per heavy atom. The second kappa shape index (κ2) is 5.58. The van der Waals surface area contributed by atoms with Crippen LogP contribution in [0.4, 0.5) is 4.79 Å². The number of aliphatic carboxylic acids is 1. The maximum absolute atomic E-state index is 12.3. The van der Waals surface area contributed by atoms with Gasteiger partial charge in [0.1, 0.15) is 6.04 Å². The predicted octanol–water partition coefficient (Wildman–Crippen LogP) is 1.11. The smallest absolute Gasteiger partial charge is 0.327 e. The van der Waals surface area contributed by atoms with E-state index in [9.17, 15) is 9.59 Å². The first-order chi connectivity index (χ1) is 8.93. The fourth-order valence-corrected chi connectivity index (χ4v) is 3.58. The van der Waals surface area contributed by atoms with Crippen LogP contribution in [0.1, 0.15) is 26.7 Å². The number of amides is 2. The number of rotatable bonds is 2. The number of nitrogens with zero attached hydrogens (tertiary/aromatic N) is 1. The number of carbonyl (C=O) groups excluding carboxylic acids is 1. The highest BCUT2D eigenvalue weighted by molar-refractivity contribution is 8.00. The molecule has 0 spiro atoms. The first-order valence-corrected chi connectivity index (χ1v) is 7.50. The fourth-order valence-electron chi connectivity index (χ4n) is 2.41. The van der Waals surface area contributed by atoms with Gasteiger partial charge >= 0.3 is 12.0 Å². The number of hydrogen-bond acceptors (Lipinski definition) is 4. The second-order valence-electron chi connectivity index (χ2n) is 5.30. The van der Waals surface area contributed by atoms with Crippen LogP contribution in [0.5, 0.6) is 0 Å². The van der Waals surface area contributed by atoms with Gasteiger partial charge in [-0.15, -0.1) is 11.8 Å². The number of carbonyl (C=O) groups is 2. The molecule has 19 heavy (non-hydrogen) atoms. The predicted molar refractivity (Wildman–Crippen MR) is 72.2 cm³/mol. The van der Waals surface area contributed by atoms with Gasteiger partial charge in [-0.1, -0.05) is 0 Å². The van der Waals surface area contributed by atoms with Crippen LogP contribution in [0.2, 0.25) is 0 Å². The molecule has 0 aromatic rings. The minimum Gasteiger partial charge on any atom is -0.480 e. The van der Waals surface area contributed by atoms with Crippen molar-refractivity contribution in [3.63, 3.8) is 0 Å². The van der Waals surface area contributed by atoms with E-state index in [1.165, 1.54) is 16.7 Å².